The minimum Gasteiger partial charge on any atom is 0 e. The van der Waals surface area contributed by atoms with Crippen molar-refractivity contribution in [2.75, 3.05) is 0 Å². The van der Waals surface area contributed by atoms with Gasteiger partial charge in [0.25, 0.3) is 5.97 Å². The Labute approximate surface area is 208 Å². The van der Waals surface area contributed by atoms with Crippen molar-refractivity contribution in [3.63, 3.8) is 0 Å². The van der Waals surface area contributed by atoms with Gasteiger partial charge in [0.1, 0.15) is 0 Å². The molecule has 10 heteroatoms. The SMILES string of the molecule is CC(=O)O.Cl.Cl.Cl.Cl.Cl.[Er].[KH].[Sm]. The van der Waals surface area contributed by atoms with E-state index in [0.717, 1.165) is 6.92 Å². The molecule has 0 aromatic rings. The molecule has 0 heterocycles. The van der Waals surface area contributed by atoms with Crippen molar-refractivity contribution >= 4 is 119 Å². The van der Waals surface area contributed by atoms with Gasteiger partial charge in [-0.1, -0.05) is 0 Å². The quantitative estimate of drug-likeness (QED) is 0.429. The van der Waals surface area contributed by atoms with Crippen LogP contribution in [0.2, 0.25) is 0 Å². The van der Waals surface area contributed by atoms with Gasteiger partial charge in [0.05, 0.1) is 0 Å². The second kappa shape index (κ2) is 55.8. The standard InChI is InChI=1S/C2H4O2.5ClH.Er.K.Sm.H/c1-2(3)4;;;;;;;;;/h1H3,(H,3,4);5*1H;;;;. The monoisotopic (exact) mass is 598 g/mol. The third kappa shape index (κ3) is 115. The zero-order valence-electron chi connectivity index (χ0n) is 5.09. The molecule has 0 amide bonds. The summed E-state index contributed by atoms with van der Waals surface area (Å²) < 4.78 is 0. The Hall–Kier alpha value is 5.14. The van der Waals surface area contributed by atoms with Gasteiger partial charge < -0.3 is 5.11 Å². The molecule has 0 aliphatic rings. The zero-order chi connectivity index (χ0) is 3.58. The fourth-order valence-corrected chi connectivity index (χ4v) is 0. The minimum absolute atomic E-state index is 0. The molecule has 0 aromatic heterocycles. The molecule has 0 bridgehead atoms. The van der Waals surface area contributed by atoms with Crippen LogP contribution in [0.5, 0.6) is 0 Å². The topological polar surface area (TPSA) is 37.3 Å². The molecule has 0 saturated heterocycles. The molecule has 0 rings (SSSR count). The summed E-state index contributed by atoms with van der Waals surface area (Å²) in [5, 5.41) is 7.42. The van der Waals surface area contributed by atoms with Crippen LogP contribution < -0.4 is 0 Å². The van der Waals surface area contributed by atoms with Gasteiger partial charge in [0.15, 0.2) is 0 Å². The molecule has 0 spiro atoms. The second-order valence-corrected chi connectivity index (χ2v) is 0.519. The first kappa shape index (κ1) is 67.4. The average molecular weight is 600 g/mol. The molecule has 0 fully saturated rings. The molecule has 0 aliphatic carbocycles. The van der Waals surface area contributed by atoms with E-state index in [1.54, 1.807) is 0 Å². The fourth-order valence-electron chi connectivity index (χ4n) is 0. The van der Waals surface area contributed by atoms with E-state index in [-0.39, 0.29) is 191 Å². The van der Waals surface area contributed by atoms with Crippen LogP contribution in [0.25, 0.3) is 0 Å². The Morgan fingerprint density at radius 3 is 1.00 bits per heavy atom. The van der Waals surface area contributed by atoms with E-state index < -0.39 is 5.97 Å². The molecule has 0 atom stereocenters. The van der Waals surface area contributed by atoms with Crippen LogP contribution in [0.3, 0.4) is 0 Å². The summed E-state index contributed by atoms with van der Waals surface area (Å²) in [4.78, 5) is 9.00. The van der Waals surface area contributed by atoms with Crippen LogP contribution >= 0.6 is 62.0 Å². The first-order chi connectivity index (χ1) is 1.73. The molecule has 84 valence electrons. The third-order valence-corrected chi connectivity index (χ3v) is 0. The summed E-state index contributed by atoms with van der Waals surface area (Å²) in [5.41, 5.74) is 0. The van der Waals surface area contributed by atoms with Gasteiger partial charge in [-0.05, 0) is 0 Å². The molecule has 0 radical (unpaired) electrons. The van der Waals surface area contributed by atoms with Crippen molar-refractivity contribution in [3.8, 4) is 0 Å². The Morgan fingerprint density at radius 1 is 1.00 bits per heavy atom. The second-order valence-electron chi connectivity index (χ2n) is 0.519. The Balaban J connectivity index is -0.00000000161. The predicted octanol–water partition coefficient (Wildman–Crippen LogP) is 1.55. The van der Waals surface area contributed by atoms with E-state index in [2.05, 4.69) is 0 Å². The summed E-state index contributed by atoms with van der Waals surface area (Å²) in [6, 6.07) is 0. The largest absolute Gasteiger partial charge is 0 e. The fraction of sp³-hybridized carbons (Fsp3) is 0.500. The first-order valence-corrected chi connectivity index (χ1v) is 0.928. The Kier molecular flexibility index (Phi) is 314. The number of hydrogen-bond donors (Lipinski definition) is 1. The summed E-state index contributed by atoms with van der Waals surface area (Å²) in [6.07, 6.45) is 0. The first-order valence-electron chi connectivity index (χ1n) is 0.928. The smallest absolute Gasteiger partial charge is 0 e. The number of carboxylic acids is 1. The van der Waals surface area contributed by atoms with Crippen LogP contribution in [-0.2, 0) is 4.79 Å². The summed E-state index contributed by atoms with van der Waals surface area (Å²) in [5.74, 6) is -0.833. The molecule has 2 nitrogen and oxygen atoms in total. The van der Waals surface area contributed by atoms with Crippen molar-refractivity contribution in [1.82, 2.24) is 0 Å². The number of aliphatic carboxylic acids is 1. The van der Waals surface area contributed by atoms with Crippen molar-refractivity contribution < 1.29 is 87.6 Å². The molecule has 1 N–H and O–H groups in total. The minimum atomic E-state index is -0.833. The molecule has 0 aliphatic heterocycles. The third-order valence-electron chi connectivity index (χ3n) is 0. The van der Waals surface area contributed by atoms with Gasteiger partial charge in [-0.25, -0.2) is 0 Å². The number of halogens is 5. The van der Waals surface area contributed by atoms with E-state index in [1.807, 2.05) is 0 Å². The van der Waals surface area contributed by atoms with Crippen molar-refractivity contribution in [3.05, 3.63) is 0 Å². The van der Waals surface area contributed by atoms with Gasteiger partial charge >= 0.3 is 51.4 Å². The van der Waals surface area contributed by atoms with Crippen molar-refractivity contribution in [1.29, 1.82) is 0 Å². The summed E-state index contributed by atoms with van der Waals surface area (Å²) in [6.45, 7) is 1.08. The zero-order valence-corrected chi connectivity index (χ0v) is 13.6. The number of rotatable bonds is 0. The van der Waals surface area contributed by atoms with Crippen LogP contribution in [0, 0.1) is 77.7 Å². The van der Waals surface area contributed by atoms with E-state index in [4.69, 9.17) is 9.90 Å². The van der Waals surface area contributed by atoms with E-state index >= 15 is 0 Å². The normalized spacial score (nSPS) is 2.08. The Morgan fingerprint density at radius 2 is 1.00 bits per heavy atom. The average Bonchev–Trinajstić information content (AvgIpc) is 0.811. The predicted molar refractivity (Wildman–Crippen MR) is 56.7 cm³/mol. The summed E-state index contributed by atoms with van der Waals surface area (Å²) >= 11 is 0. The van der Waals surface area contributed by atoms with Gasteiger partial charge in [0.2, 0.25) is 0 Å². The van der Waals surface area contributed by atoms with Crippen LogP contribution in [-0.4, -0.2) is 62.5 Å². The van der Waals surface area contributed by atoms with Crippen molar-refractivity contribution in [2.24, 2.45) is 0 Å². The summed E-state index contributed by atoms with van der Waals surface area (Å²) in [7, 11) is 0. The number of hydrogen-bond acceptors (Lipinski definition) is 1. The maximum absolute atomic E-state index is 9.00. The molecule has 0 saturated carbocycles. The van der Waals surface area contributed by atoms with Crippen LogP contribution in [0.1, 0.15) is 6.92 Å². The molecule has 0 unspecified atom stereocenters. The number of carboxylic acid groups (broad SMARTS) is 1. The van der Waals surface area contributed by atoms with Gasteiger partial charge in [0, 0.05) is 84.6 Å². The molecule has 12 heavy (non-hydrogen) atoms. The van der Waals surface area contributed by atoms with Gasteiger partial charge in [-0.3, -0.25) is 4.79 Å². The maximum atomic E-state index is 9.00. The molecular formula is C2H10Cl5ErKO2Sm. The van der Waals surface area contributed by atoms with E-state index in [1.165, 1.54) is 0 Å². The number of carbonyl (C=O) groups is 1. The molecule has 0 aromatic carbocycles. The van der Waals surface area contributed by atoms with Crippen LogP contribution in [0.15, 0.2) is 0 Å². The van der Waals surface area contributed by atoms with E-state index in [9.17, 15) is 0 Å². The van der Waals surface area contributed by atoms with E-state index in [0.29, 0.717) is 0 Å². The van der Waals surface area contributed by atoms with Crippen LogP contribution in [0.4, 0.5) is 0 Å². The Bertz CT molecular complexity index is 50.4. The maximum Gasteiger partial charge on any atom is 0 e. The van der Waals surface area contributed by atoms with Gasteiger partial charge in [-0.15, -0.1) is 62.0 Å². The van der Waals surface area contributed by atoms with Gasteiger partial charge in [-0.2, -0.15) is 0 Å². The molecular weight excluding hydrogens is 590 g/mol. The van der Waals surface area contributed by atoms with Crippen molar-refractivity contribution in [2.45, 2.75) is 6.92 Å².